The molecule has 0 saturated carbocycles. The predicted molar refractivity (Wildman–Crippen MR) is 95.9 cm³/mol. The second-order valence-electron chi connectivity index (χ2n) is 6.38. The van der Waals surface area contributed by atoms with Crippen LogP contribution in [-0.2, 0) is 27.7 Å². The van der Waals surface area contributed by atoms with E-state index in [0.29, 0.717) is 19.3 Å². The van der Waals surface area contributed by atoms with E-state index in [9.17, 15) is 13.2 Å². The highest BCUT2D eigenvalue weighted by atomic mass is 32.2. The Morgan fingerprint density at radius 3 is 2.92 bits per heavy atom. The third kappa shape index (κ3) is 4.23. The second-order valence-corrected chi connectivity index (χ2v) is 9.39. The maximum absolute atomic E-state index is 12.1. The number of unbranched alkanes of at least 4 members (excludes halogenated alkanes) is 1. The number of carbonyl (C=O) groups excluding carboxylic acids is 1. The zero-order chi connectivity index (χ0) is 17.2. The minimum atomic E-state index is -3.18. The van der Waals surface area contributed by atoms with Gasteiger partial charge in [0.1, 0.15) is 0 Å². The molecule has 1 aromatic heterocycles. The number of hydrazone groups is 1. The Morgan fingerprint density at radius 1 is 1.38 bits per heavy atom. The van der Waals surface area contributed by atoms with E-state index in [1.807, 2.05) is 6.92 Å². The van der Waals surface area contributed by atoms with E-state index < -0.39 is 10.0 Å². The van der Waals surface area contributed by atoms with Crippen LogP contribution in [0.2, 0.25) is 0 Å². The Kier molecular flexibility index (Phi) is 5.36. The van der Waals surface area contributed by atoms with E-state index in [4.69, 9.17) is 0 Å². The van der Waals surface area contributed by atoms with E-state index in [0.717, 1.165) is 36.3 Å². The molecule has 0 saturated heterocycles. The third-order valence-electron chi connectivity index (χ3n) is 4.38. The molecular weight excluding hydrogens is 346 g/mol. The van der Waals surface area contributed by atoms with Crippen molar-refractivity contribution >= 4 is 33.0 Å². The Hall–Kier alpha value is -1.25. The molecule has 1 atom stereocenters. The summed E-state index contributed by atoms with van der Waals surface area (Å²) >= 11 is 1.72. The lowest BCUT2D eigenvalue weighted by atomic mass is 9.94. The standard InChI is InChI=1S/C16H23N3O3S2/c1-2-3-8-24(21,22)19-12-4-6-14-11(9-12)10-15(23-14)13-5-7-16(20)18-17-13/h10,12,19H,2-9H2,1H3,(H,18,20). The fourth-order valence-electron chi connectivity index (χ4n) is 3.07. The number of nitrogens with one attached hydrogen (secondary N) is 2. The Balaban J connectivity index is 1.67. The van der Waals surface area contributed by atoms with Crippen molar-refractivity contribution in [3.05, 3.63) is 21.4 Å². The van der Waals surface area contributed by atoms with Gasteiger partial charge in [0.2, 0.25) is 15.9 Å². The van der Waals surface area contributed by atoms with Crippen LogP contribution in [0.5, 0.6) is 0 Å². The van der Waals surface area contributed by atoms with Crippen LogP contribution in [0, 0.1) is 0 Å². The summed E-state index contributed by atoms with van der Waals surface area (Å²) in [6.07, 6.45) is 5.17. The molecule has 0 bridgehead atoms. The van der Waals surface area contributed by atoms with Crippen molar-refractivity contribution in [3.63, 3.8) is 0 Å². The second kappa shape index (κ2) is 7.33. The number of nitrogens with zero attached hydrogens (tertiary/aromatic N) is 1. The molecule has 2 heterocycles. The van der Waals surface area contributed by atoms with Crippen LogP contribution in [0.25, 0.3) is 0 Å². The average molecular weight is 370 g/mol. The zero-order valence-corrected chi connectivity index (χ0v) is 15.4. The lowest BCUT2D eigenvalue weighted by molar-refractivity contribution is -0.121. The highest BCUT2D eigenvalue weighted by molar-refractivity contribution is 7.89. The van der Waals surface area contributed by atoms with Gasteiger partial charge in [-0.3, -0.25) is 4.79 Å². The van der Waals surface area contributed by atoms with Crippen molar-refractivity contribution in [3.8, 4) is 0 Å². The van der Waals surface area contributed by atoms with Gasteiger partial charge in [0, 0.05) is 23.8 Å². The molecule has 2 N–H and O–H groups in total. The third-order valence-corrected chi connectivity index (χ3v) is 7.19. The highest BCUT2D eigenvalue weighted by Gasteiger charge is 2.26. The fraction of sp³-hybridized carbons (Fsp3) is 0.625. The van der Waals surface area contributed by atoms with Gasteiger partial charge in [0.05, 0.1) is 16.3 Å². The van der Waals surface area contributed by atoms with E-state index in [2.05, 4.69) is 21.3 Å². The van der Waals surface area contributed by atoms with Gasteiger partial charge in [-0.25, -0.2) is 18.6 Å². The summed E-state index contributed by atoms with van der Waals surface area (Å²) in [5, 5.41) is 4.15. The highest BCUT2D eigenvalue weighted by Crippen LogP contribution is 2.31. The van der Waals surface area contributed by atoms with Gasteiger partial charge in [-0.1, -0.05) is 13.3 Å². The van der Waals surface area contributed by atoms with Gasteiger partial charge in [0.25, 0.3) is 0 Å². The van der Waals surface area contributed by atoms with Gasteiger partial charge >= 0.3 is 0 Å². The smallest absolute Gasteiger partial charge is 0.240 e. The quantitative estimate of drug-likeness (QED) is 0.803. The maximum Gasteiger partial charge on any atom is 0.240 e. The molecule has 2 aliphatic rings. The van der Waals surface area contributed by atoms with E-state index in [1.165, 1.54) is 10.4 Å². The van der Waals surface area contributed by atoms with Gasteiger partial charge in [-0.05, 0) is 37.3 Å². The van der Waals surface area contributed by atoms with Crippen molar-refractivity contribution < 1.29 is 13.2 Å². The monoisotopic (exact) mass is 369 g/mol. The molecule has 0 spiro atoms. The number of sulfonamides is 1. The normalized spacial score (nSPS) is 21.1. The van der Waals surface area contributed by atoms with Crippen LogP contribution in [-0.4, -0.2) is 31.8 Å². The number of carbonyl (C=O) groups is 1. The SMILES string of the molecule is CCCCS(=O)(=O)NC1CCc2sc(C3=NNC(=O)CC3)cc2C1. The number of hydrogen-bond acceptors (Lipinski definition) is 5. The Morgan fingerprint density at radius 2 is 2.21 bits per heavy atom. The van der Waals surface area contributed by atoms with Crippen LogP contribution in [0.1, 0.15) is 54.3 Å². The summed E-state index contributed by atoms with van der Waals surface area (Å²) < 4.78 is 27.0. The molecule has 0 fully saturated rings. The van der Waals surface area contributed by atoms with Crippen molar-refractivity contribution in [2.24, 2.45) is 5.10 Å². The lowest BCUT2D eigenvalue weighted by Crippen LogP contribution is -2.39. The summed E-state index contributed by atoms with van der Waals surface area (Å²) in [5.41, 5.74) is 4.67. The first kappa shape index (κ1) is 17.6. The minimum Gasteiger partial charge on any atom is -0.273 e. The topological polar surface area (TPSA) is 87.6 Å². The minimum absolute atomic E-state index is 0.0187. The summed E-state index contributed by atoms with van der Waals surface area (Å²) in [4.78, 5) is 13.6. The molecule has 132 valence electrons. The van der Waals surface area contributed by atoms with Crippen LogP contribution >= 0.6 is 11.3 Å². The number of fused-ring (bicyclic) bond motifs is 1. The zero-order valence-electron chi connectivity index (χ0n) is 13.8. The first-order valence-corrected chi connectivity index (χ1v) is 10.9. The van der Waals surface area contributed by atoms with Crippen LogP contribution in [0.15, 0.2) is 11.2 Å². The lowest BCUT2D eigenvalue weighted by Gasteiger charge is -2.23. The molecular formula is C16H23N3O3S2. The summed E-state index contributed by atoms with van der Waals surface area (Å²) in [5.74, 6) is 0.166. The van der Waals surface area contributed by atoms with Gasteiger partial charge in [-0.15, -0.1) is 11.3 Å². The average Bonchev–Trinajstić information content (AvgIpc) is 2.96. The molecule has 8 heteroatoms. The summed E-state index contributed by atoms with van der Waals surface area (Å²) in [6, 6.07) is 2.10. The number of hydrogen-bond donors (Lipinski definition) is 2. The molecule has 3 rings (SSSR count). The number of aryl methyl sites for hydroxylation is 1. The summed E-state index contributed by atoms with van der Waals surface area (Å²) in [6.45, 7) is 1.99. The number of amides is 1. The maximum atomic E-state index is 12.1. The molecule has 6 nitrogen and oxygen atoms in total. The molecule has 0 aromatic carbocycles. The molecule has 0 radical (unpaired) electrons. The number of thiophene rings is 1. The molecule has 1 aromatic rings. The molecule has 1 aliphatic carbocycles. The Labute approximate surface area is 146 Å². The summed E-state index contributed by atoms with van der Waals surface area (Å²) in [7, 11) is -3.18. The van der Waals surface area contributed by atoms with Crippen molar-refractivity contribution in [1.82, 2.24) is 10.1 Å². The first-order chi connectivity index (χ1) is 11.5. The fourth-order valence-corrected chi connectivity index (χ4v) is 5.79. The molecule has 1 aliphatic heterocycles. The van der Waals surface area contributed by atoms with Crippen LogP contribution in [0.3, 0.4) is 0 Å². The van der Waals surface area contributed by atoms with E-state index >= 15 is 0 Å². The van der Waals surface area contributed by atoms with E-state index in [-0.39, 0.29) is 17.7 Å². The van der Waals surface area contributed by atoms with Gasteiger partial charge in [0.15, 0.2) is 0 Å². The van der Waals surface area contributed by atoms with Gasteiger partial charge < -0.3 is 0 Å². The van der Waals surface area contributed by atoms with Crippen LogP contribution in [0.4, 0.5) is 0 Å². The van der Waals surface area contributed by atoms with Crippen molar-refractivity contribution in [2.45, 2.75) is 57.9 Å². The van der Waals surface area contributed by atoms with Crippen molar-refractivity contribution in [1.29, 1.82) is 0 Å². The molecule has 1 unspecified atom stereocenters. The van der Waals surface area contributed by atoms with Crippen molar-refractivity contribution in [2.75, 3.05) is 5.75 Å². The predicted octanol–water partition coefficient (Wildman–Crippen LogP) is 1.94. The molecule has 1 amide bonds. The largest absolute Gasteiger partial charge is 0.273 e. The van der Waals surface area contributed by atoms with Crippen LogP contribution < -0.4 is 10.1 Å². The first-order valence-electron chi connectivity index (χ1n) is 8.44. The van der Waals surface area contributed by atoms with Gasteiger partial charge in [-0.2, -0.15) is 5.10 Å². The van der Waals surface area contributed by atoms with E-state index in [1.54, 1.807) is 11.3 Å². The molecule has 24 heavy (non-hydrogen) atoms. The number of rotatable bonds is 6. The Bertz CT molecular complexity index is 753.